The van der Waals surface area contributed by atoms with Crippen LogP contribution < -0.4 is 0 Å². The van der Waals surface area contributed by atoms with Gasteiger partial charge in [0.15, 0.2) is 0 Å². The molecule has 1 saturated carbocycles. The summed E-state index contributed by atoms with van der Waals surface area (Å²) in [4.78, 5) is 43.5. The van der Waals surface area contributed by atoms with Gasteiger partial charge in [-0.25, -0.2) is 0 Å². The van der Waals surface area contributed by atoms with Crippen molar-refractivity contribution in [2.45, 2.75) is 82.3 Å². The van der Waals surface area contributed by atoms with E-state index < -0.39 is 5.41 Å². The molecule has 0 bridgehead atoms. The van der Waals surface area contributed by atoms with Crippen LogP contribution >= 0.6 is 11.6 Å². The number of rotatable bonds is 6. The lowest BCUT2D eigenvalue weighted by molar-refractivity contribution is -0.145. The van der Waals surface area contributed by atoms with E-state index in [0.29, 0.717) is 30.1 Å². The summed E-state index contributed by atoms with van der Waals surface area (Å²) in [5, 5.41) is 10.6. The van der Waals surface area contributed by atoms with Crippen molar-refractivity contribution >= 4 is 29.3 Å². The molecule has 2 heterocycles. The van der Waals surface area contributed by atoms with Gasteiger partial charge in [-0.05, 0) is 49.7 Å². The second-order valence-corrected chi connectivity index (χ2v) is 10.0. The minimum atomic E-state index is -1.24. The van der Waals surface area contributed by atoms with Gasteiger partial charge in [0.2, 0.25) is 17.7 Å². The Kier molecular flexibility index (Phi) is 6.91. The number of hydrogen-bond donors (Lipinski definition) is 1. The first-order valence-corrected chi connectivity index (χ1v) is 12.3. The molecule has 7 heteroatoms. The van der Waals surface area contributed by atoms with Gasteiger partial charge in [-0.2, -0.15) is 0 Å². The SMILES string of the molecule is CCC(O)C1CCN(C(=O)CC2(c3ccccc3Cl)CC(=O)N(C3CCCC3)C2=O)CC1. The highest BCUT2D eigenvalue weighted by molar-refractivity contribution is 6.32. The van der Waals surface area contributed by atoms with Gasteiger partial charge in [-0.3, -0.25) is 19.3 Å². The molecule has 0 radical (unpaired) electrons. The molecule has 2 unspecified atom stereocenters. The van der Waals surface area contributed by atoms with E-state index in [1.807, 2.05) is 6.92 Å². The fourth-order valence-electron chi connectivity index (χ4n) is 5.82. The van der Waals surface area contributed by atoms with Crippen molar-refractivity contribution in [3.8, 4) is 0 Å². The van der Waals surface area contributed by atoms with Crippen LogP contribution in [0.4, 0.5) is 0 Å². The number of piperidine rings is 1. The monoisotopic (exact) mass is 460 g/mol. The van der Waals surface area contributed by atoms with Gasteiger partial charge in [-0.15, -0.1) is 0 Å². The van der Waals surface area contributed by atoms with Crippen molar-refractivity contribution < 1.29 is 19.5 Å². The van der Waals surface area contributed by atoms with Crippen LogP contribution in [0.1, 0.15) is 70.3 Å². The topological polar surface area (TPSA) is 77.9 Å². The van der Waals surface area contributed by atoms with Gasteiger partial charge < -0.3 is 10.0 Å². The Labute approximate surface area is 194 Å². The number of imide groups is 1. The number of halogens is 1. The first-order valence-electron chi connectivity index (χ1n) is 11.9. The van der Waals surface area contributed by atoms with E-state index in [-0.39, 0.29) is 48.6 Å². The molecule has 3 fully saturated rings. The van der Waals surface area contributed by atoms with Crippen molar-refractivity contribution in [3.05, 3.63) is 34.9 Å². The van der Waals surface area contributed by atoms with Crippen molar-refractivity contribution in [2.24, 2.45) is 5.92 Å². The Morgan fingerprint density at radius 3 is 2.44 bits per heavy atom. The molecule has 2 saturated heterocycles. The van der Waals surface area contributed by atoms with E-state index >= 15 is 0 Å². The smallest absolute Gasteiger partial charge is 0.241 e. The molecule has 1 aliphatic carbocycles. The first kappa shape index (κ1) is 23.2. The zero-order valence-electron chi connectivity index (χ0n) is 18.8. The normalized spacial score (nSPS) is 26.2. The lowest BCUT2D eigenvalue weighted by Gasteiger charge is -2.36. The molecular formula is C25H33ClN2O4. The van der Waals surface area contributed by atoms with Crippen LogP contribution in [0.3, 0.4) is 0 Å². The highest BCUT2D eigenvalue weighted by Crippen LogP contribution is 2.45. The molecule has 1 aromatic carbocycles. The number of nitrogens with zero attached hydrogens (tertiary/aromatic N) is 2. The Balaban J connectivity index is 1.59. The summed E-state index contributed by atoms with van der Waals surface area (Å²) in [6.07, 6.45) is 5.50. The third-order valence-corrected chi connectivity index (χ3v) is 8.07. The van der Waals surface area contributed by atoms with Crippen molar-refractivity contribution in [3.63, 3.8) is 0 Å². The third-order valence-electron chi connectivity index (χ3n) is 7.74. The molecule has 2 aliphatic heterocycles. The van der Waals surface area contributed by atoms with Crippen molar-refractivity contribution in [2.75, 3.05) is 13.1 Å². The number of aliphatic hydroxyl groups excluding tert-OH is 1. The first-order chi connectivity index (χ1) is 15.4. The number of benzene rings is 1. The second kappa shape index (κ2) is 9.52. The summed E-state index contributed by atoms with van der Waals surface area (Å²) in [5.41, 5.74) is -0.667. The highest BCUT2D eigenvalue weighted by Gasteiger charge is 2.56. The molecule has 4 rings (SSSR count). The molecule has 1 N–H and O–H groups in total. The number of likely N-dealkylation sites (tertiary alicyclic amines) is 2. The Morgan fingerprint density at radius 2 is 1.81 bits per heavy atom. The summed E-state index contributed by atoms with van der Waals surface area (Å²) >= 11 is 6.52. The number of aliphatic hydroxyl groups is 1. The van der Waals surface area contributed by atoms with Crippen molar-refractivity contribution in [1.82, 2.24) is 9.80 Å². The predicted octanol–water partition coefficient (Wildman–Crippen LogP) is 3.68. The summed E-state index contributed by atoms with van der Waals surface area (Å²) in [6, 6.07) is 7.03. The van der Waals surface area contributed by atoms with E-state index in [9.17, 15) is 19.5 Å². The van der Waals surface area contributed by atoms with Gasteiger partial charge in [0.1, 0.15) is 0 Å². The molecule has 3 amide bonds. The van der Waals surface area contributed by atoms with E-state index in [0.717, 1.165) is 38.5 Å². The lowest BCUT2D eigenvalue weighted by Crippen LogP contribution is -2.47. The maximum Gasteiger partial charge on any atom is 0.241 e. The average molecular weight is 461 g/mol. The third kappa shape index (κ3) is 4.19. The maximum absolute atomic E-state index is 13.8. The maximum atomic E-state index is 13.8. The van der Waals surface area contributed by atoms with E-state index in [4.69, 9.17) is 11.6 Å². The van der Waals surface area contributed by atoms with E-state index in [1.165, 1.54) is 4.90 Å². The van der Waals surface area contributed by atoms with Crippen LogP contribution in [0.15, 0.2) is 24.3 Å². The van der Waals surface area contributed by atoms with Gasteiger partial charge >= 0.3 is 0 Å². The van der Waals surface area contributed by atoms with Crippen LogP contribution in [0.2, 0.25) is 5.02 Å². The summed E-state index contributed by atoms with van der Waals surface area (Å²) in [7, 11) is 0. The molecule has 0 spiro atoms. The summed E-state index contributed by atoms with van der Waals surface area (Å²) < 4.78 is 0. The second-order valence-electron chi connectivity index (χ2n) is 9.62. The summed E-state index contributed by atoms with van der Waals surface area (Å²) in [6.45, 7) is 3.09. The zero-order chi connectivity index (χ0) is 22.9. The standard InChI is InChI=1S/C25H33ClN2O4/c1-2-21(29)17-11-13-27(14-12-17)22(30)15-25(19-9-5-6-10-20(19)26)16-23(31)28(24(25)32)18-7-3-4-8-18/h5-6,9-10,17-18,21,29H,2-4,7-8,11-16H2,1H3. The lowest BCUT2D eigenvalue weighted by atomic mass is 9.75. The fourth-order valence-corrected chi connectivity index (χ4v) is 6.14. The molecule has 1 aromatic rings. The van der Waals surface area contributed by atoms with Gasteiger partial charge in [0.05, 0.1) is 11.5 Å². The molecule has 32 heavy (non-hydrogen) atoms. The van der Waals surface area contributed by atoms with Crippen LogP contribution in [0, 0.1) is 5.92 Å². The number of amides is 3. The molecule has 0 aromatic heterocycles. The van der Waals surface area contributed by atoms with E-state index in [1.54, 1.807) is 29.2 Å². The van der Waals surface area contributed by atoms with Crippen LogP contribution in [-0.4, -0.2) is 57.9 Å². The van der Waals surface area contributed by atoms with Gasteiger partial charge in [0, 0.05) is 37.0 Å². The number of hydrogen-bond acceptors (Lipinski definition) is 4. The summed E-state index contributed by atoms with van der Waals surface area (Å²) in [5.74, 6) is -0.385. The highest BCUT2D eigenvalue weighted by atomic mass is 35.5. The van der Waals surface area contributed by atoms with Crippen molar-refractivity contribution in [1.29, 1.82) is 0 Å². The van der Waals surface area contributed by atoms with Crippen LogP contribution in [0.5, 0.6) is 0 Å². The number of carbonyl (C=O) groups is 3. The van der Waals surface area contributed by atoms with E-state index in [2.05, 4.69) is 0 Å². The molecule has 3 aliphatic rings. The minimum absolute atomic E-state index is 0.0111. The predicted molar refractivity (Wildman–Crippen MR) is 122 cm³/mol. The van der Waals surface area contributed by atoms with Crippen LogP contribution in [-0.2, 0) is 19.8 Å². The molecule has 174 valence electrons. The average Bonchev–Trinajstić information content (AvgIpc) is 3.40. The molecule has 2 atom stereocenters. The largest absolute Gasteiger partial charge is 0.393 e. The quantitative estimate of drug-likeness (QED) is 0.657. The van der Waals surface area contributed by atoms with Gasteiger partial charge in [0.25, 0.3) is 0 Å². The van der Waals surface area contributed by atoms with Gasteiger partial charge in [-0.1, -0.05) is 49.6 Å². The molecule has 6 nitrogen and oxygen atoms in total. The Hall–Kier alpha value is -1.92. The Morgan fingerprint density at radius 1 is 1.16 bits per heavy atom. The Bertz CT molecular complexity index is 876. The minimum Gasteiger partial charge on any atom is -0.393 e. The molecular weight excluding hydrogens is 428 g/mol. The fraction of sp³-hybridized carbons (Fsp3) is 0.640. The van der Waals surface area contributed by atoms with Crippen LogP contribution in [0.25, 0.3) is 0 Å². The zero-order valence-corrected chi connectivity index (χ0v) is 19.5. The number of carbonyl (C=O) groups excluding carboxylic acids is 3.